The van der Waals surface area contributed by atoms with E-state index in [0.717, 1.165) is 18.4 Å². The standard InChI is InChI=1S/C14H21ClO2S/c1-12(2)18(16,17)11-7-6-10-14(15)13-8-4-3-5-9-13/h3-5,8-9,12,14H,6-7,10-11H2,1-2H3. The Hall–Kier alpha value is -0.540. The van der Waals surface area contributed by atoms with E-state index in [1.807, 2.05) is 30.3 Å². The lowest BCUT2D eigenvalue weighted by molar-refractivity contribution is 0.580. The van der Waals surface area contributed by atoms with E-state index < -0.39 is 9.84 Å². The summed E-state index contributed by atoms with van der Waals surface area (Å²) in [5.41, 5.74) is 1.10. The largest absolute Gasteiger partial charge is 0.229 e. The summed E-state index contributed by atoms with van der Waals surface area (Å²) in [6.45, 7) is 3.45. The third-order valence-electron chi connectivity index (χ3n) is 3.02. The van der Waals surface area contributed by atoms with Gasteiger partial charge in [-0.15, -0.1) is 11.6 Å². The summed E-state index contributed by atoms with van der Waals surface area (Å²) in [6.07, 6.45) is 2.35. The van der Waals surface area contributed by atoms with E-state index in [1.165, 1.54) is 0 Å². The molecule has 0 N–H and O–H groups in total. The van der Waals surface area contributed by atoms with Gasteiger partial charge in [0, 0.05) is 0 Å². The van der Waals surface area contributed by atoms with Crippen molar-refractivity contribution in [3.8, 4) is 0 Å². The maximum absolute atomic E-state index is 11.6. The molecule has 4 heteroatoms. The number of benzene rings is 1. The second-order valence-electron chi connectivity index (χ2n) is 4.79. The fourth-order valence-corrected chi connectivity index (χ4v) is 3.07. The molecular formula is C14H21ClO2S. The van der Waals surface area contributed by atoms with Crippen molar-refractivity contribution in [1.29, 1.82) is 0 Å². The van der Waals surface area contributed by atoms with Crippen molar-refractivity contribution < 1.29 is 8.42 Å². The fraction of sp³-hybridized carbons (Fsp3) is 0.571. The predicted molar refractivity (Wildman–Crippen MR) is 77.8 cm³/mol. The Labute approximate surface area is 115 Å². The second-order valence-corrected chi connectivity index (χ2v) is 7.99. The van der Waals surface area contributed by atoms with Gasteiger partial charge in [-0.05, 0) is 32.3 Å². The quantitative estimate of drug-likeness (QED) is 0.562. The van der Waals surface area contributed by atoms with Crippen molar-refractivity contribution in [2.75, 3.05) is 5.75 Å². The van der Waals surface area contributed by atoms with Crippen LogP contribution in [0.3, 0.4) is 0 Å². The Bertz CT molecular complexity index is 440. The van der Waals surface area contributed by atoms with Crippen LogP contribution in [0.5, 0.6) is 0 Å². The van der Waals surface area contributed by atoms with Crippen molar-refractivity contribution in [3.63, 3.8) is 0 Å². The zero-order valence-corrected chi connectivity index (χ0v) is 12.5. The minimum absolute atomic E-state index is 0.0204. The molecule has 0 saturated heterocycles. The van der Waals surface area contributed by atoms with Gasteiger partial charge in [0.1, 0.15) is 0 Å². The summed E-state index contributed by atoms with van der Waals surface area (Å²) >= 11 is 6.27. The van der Waals surface area contributed by atoms with Crippen LogP contribution in [-0.4, -0.2) is 19.4 Å². The van der Waals surface area contributed by atoms with Crippen molar-refractivity contribution >= 4 is 21.4 Å². The fourth-order valence-electron chi connectivity index (χ4n) is 1.69. The number of rotatable bonds is 7. The van der Waals surface area contributed by atoms with Crippen LogP contribution in [0.15, 0.2) is 30.3 Å². The van der Waals surface area contributed by atoms with Gasteiger partial charge in [-0.3, -0.25) is 0 Å². The number of sulfone groups is 1. The Kier molecular flexibility index (Phi) is 6.16. The summed E-state index contributed by atoms with van der Waals surface area (Å²) in [4.78, 5) is 0. The molecule has 18 heavy (non-hydrogen) atoms. The number of unbranched alkanes of at least 4 members (excludes halogenated alkanes) is 1. The van der Waals surface area contributed by atoms with Gasteiger partial charge in [0.05, 0.1) is 16.4 Å². The van der Waals surface area contributed by atoms with Gasteiger partial charge in [0.2, 0.25) is 0 Å². The third-order valence-corrected chi connectivity index (χ3v) is 5.78. The highest BCUT2D eigenvalue weighted by Gasteiger charge is 2.15. The van der Waals surface area contributed by atoms with Crippen LogP contribution >= 0.6 is 11.6 Å². The summed E-state index contributed by atoms with van der Waals surface area (Å²) in [6, 6.07) is 9.90. The van der Waals surface area contributed by atoms with Crippen molar-refractivity contribution in [2.24, 2.45) is 0 Å². The second kappa shape index (κ2) is 7.15. The van der Waals surface area contributed by atoms with Gasteiger partial charge < -0.3 is 0 Å². The molecule has 0 radical (unpaired) electrons. The molecule has 0 aliphatic carbocycles. The molecule has 0 aliphatic heterocycles. The molecule has 1 aromatic rings. The van der Waals surface area contributed by atoms with Gasteiger partial charge in [-0.1, -0.05) is 36.8 Å². The highest BCUT2D eigenvalue weighted by molar-refractivity contribution is 7.91. The van der Waals surface area contributed by atoms with E-state index in [0.29, 0.717) is 6.42 Å². The summed E-state index contributed by atoms with van der Waals surface area (Å²) < 4.78 is 23.2. The number of alkyl halides is 1. The van der Waals surface area contributed by atoms with Crippen LogP contribution in [0.1, 0.15) is 44.1 Å². The zero-order chi connectivity index (χ0) is 13.6. The number of hydrogen-bond acceptors (Lipinski definition) is 2. The number of hydrogen-bond donors (Lipinski definition) is 0. The molecule has 0 spiro atoms. The first kappa shape index (κ1) is 15.5. The average Bonchev–Trinajstić information content (AvgIpc) is 2.35. The highest BCUT2D eigenvalue weighted by atomic mass is 35.5. The molecule has 102 valence electrons. The number of halogens is 1. The summed E-state index contributed by atoms with van der Waals surface area (Å²) in [5.74, 6) is 0.267. The molecule has 0 aromatic heterocycles. The van der Waals surface area contributed by atoms with Gasteiger partial charge in [0.15, 0.2) is 9.84 Å². The van der Waals surface area contributed by atoms with Crippen LogP contribution in [-0.2, 0) is 9.84 Å². The van der Waals surface area contributed by atoms with Crippen molar-refractivity contribution in [1.82, 2.24) is 0 Å². The monoisotopic (exact) mass is 288 g/mol. The van der Waals surface area contributed by atoms with E-state index in [-0.39, 0.29) is 16.4 Å². The van der Waals surface area contributed by atoms with Crippen LogP contribution < -0.4 is 0 Å². The Balaban J connectivity index is 2.31. The normalized spacial score (nSPS) is 13.8. The highest BCUT2D eigenvalue weighted by Crippen LogP contribution is 2.26. The maximum atomic E-state index is 11.6. The lowest BCUT2D eigenvalue weighted by atomic mass is 10.1. The van der Waals surface area contributed by atoms with Crippen LogP contribution in [0.2, 0.25) is 0 Å². The first-order valence-corrected chi connectivity index (χ1v) is 8.49. The molecular weight excluding hydrogens is 268 g/mol. The SMILES string of the molecule is CC(C)S(=O)(=O)CCCCC(Cl)c1ccccc1. The third kappa shape index (κ3) is 4.99. The smallest absolute Gasteiger partial charge is 0.152 e. The lowest BCUT2D eigenvalue weighted by Gasteiger charge is -2.10. The zero-order valence-electron chi connectivity index (χ0n) is 11.0. The van der Waals surface area contributed by atoms with Crippen molar-refractivity contribution in [3.05, 3.63) is 35.9 Å². The lowest BCUT2D eigenvalue weighted by Crippen LogP contribution is -2.17. The average molecular weight is 289 g/mol. The Morgan fingerprint density at radius 2 is 1.72 bits per heavy atom. The topological polar surface area (TPSA) is 34.1 Å². The van der Waals surface area contributed by atoms with E-state index in [9.17, 15) is 8.42 Å². The molecule has 1 unspecified atom stereocenters. The van der Waals surface area contributed by atoms with Gasteiger partial charge in [0.25, 0.3) is 0 Å². The first-order valence-electron chi connectivity index (χ1n) is 6.34. The molecule has 2 nitrogen and oxygen atoms in total. The molecule has 1 aromatic carbocycles. The molecule has 0 saturated carbocycles. The molecule has 0 aliphatic rings. The summed E-state index contributed by atoms with van der Waals surface area (Å²) in [7, 11) is -2.90. The van der Waals surface area contributed by atoms with E-state index >= 15 is 0 Å². The van der Waals surface area contributed by atoms with Crippen LogP contribution in [0.25, 0.3) is 0 Å². The molecule has 1 rings (SSSR count). The van der Waals surface area contributed by atoms with Gasteiger partial charge >= 0.3 is 0 Å². The molecule has 0 amide bonds. The summed E-state index contributed by atoms with van der Waals surface area (Å²) in [5, 5.41) is -0.300. The first-order chi connectivity index (χ1) is 8.43. The molecule has 0 bridgehead atoms. The van der Waals surface area contributed by atoms with Crippen LogP contribution in [0.4, 0.5) is 0 Å². The molecule has 1 atom stereocenters. The Morgan fingerprint density at radius 1 is 1.11 bits per heavy atom. The van der Waals surface area contributed by atoms with E-state index in [1.54, 1.807) is 13.8 Å². The van der Waals surface area contributed by atoms with Gasteiger partial charge in [-0.2, -0.15) is 0 Å². The van der Waals surface area contributed by atoms with Gasteiger partial charge in [-0.25, -0.2) is 8.42 Å². The molecule has 0 fully saturated rings. The van der Waals surface area contributed by atoms with Crippen molar-refractivity contribution in [2.45, 2.75) is 43.7 Å². The minimum Gasteiger partial charge on any atom is -0.229 e. The van der Waals surface area contributed by atoms with Crippen LogP contribution in [0, 0.1) is 0 Å². The van der Waals surface area contributed by atoms with E-state index in [4.69, 9.17) is 11.6 Å². The van der Waals surface area contributed by atoms with E-state index in [2.05, 4.69) is 0 Å². The maximum Gasteiger partial charge on any atom is 0.152 e. The Morgan fingerprint density at radius 3 is 2.28 bits per heavy atom. The molecule has 0 heterocycles. The predicted octanol–water partition coefficient (Wildman–Crippen LogP) is 3.96. The minimum atomic E-state index is -2.90.